The quantitative estimate of drug-likeness (QED) is 0.911. The van der Waals surface area contributed by atoms with E-state index in [1.54, 1.807) is 24.5 Å². The number of benzene rings is 1. The zero-order valence-corrected chi connectivity index (χ0v) is 13.6. The van der Waals surface area contributed by atoms with Crippen LogP contribution in [0.15, 0.2) is 30.7 Å². The van der Waals surface area contributed by atoms with E-state index in [9.17, 15) is 4.79 Å². The van der Waals surface area contributed by atoms with Crippen LogP contribution in [-0.4, -0.2) is 35.7 Å². The molecule has 0 atom stereocenters. The minimum Gasteiger partial charge on any atom is -0.493 e. The lowest BCUT2D eigenvalue weighted by molar-refractivity contribution is 0.247. The van der Waals surface area contributed by atoms with Crippen molar-refractivity contribution in [2.45, 2.75) is 25.3 Å². The van der Waals surface area contributed by atoms with E-state index in [0.717, 1.165) is 42.0 Å². The Balaban J connectivity index is 1.63. The van der Waals surface area contributed by atoms with Gasteiger partial charge in [-0.1, -0.05) is 0 Å². The number of urea groups is 1. The van der Waals surface area contributed by atoms with Crippen molar-refractivity contribution in [3.63, 3.8) is 0 Å². The molecule has 0 radical (unpaired) electrons. The number of H-pyrrole nitrogens is 1. The number of carbonyl (C=O) groups excluding carboxylic acids is 1. The number of aromatic nitrogens is 2. The van der Waals surface area contributed by atoms with E-state index in [1.165, 1.54) is 5.57 Å². The summed E-state index contributed by atoms with van der Waals surface area (Å²) in [6, 6.07) is 6.16. The van der Waals surface area contributed by atoms with Crippen molar-refractivity contribution in [1.82, 2.24) is 15.3 Å². The molecular weight excluding hydrogens is 304 g/mol. The van der Waals surface area contributed by atoms with Crippen LogP contribution in [-0.2, 0) is 0 Å². The summed E-state index contributed by atoms with van der Waals surface area (Å²) < 4.78 is 5.76. The number of nitrogens with zero attached hydrogens (tertiary/aromatic N) is 2. The van der Waals surface area contributed by atoms with Gasteiger partial charge in [0, 0.05) is 30.8 Å². The monoisotopic (exact) mass is 324 g/mol. The molecule has 2 aromatic rings. The summed E-state index contributed by atoms with van der Waals surface area (Å²) in [6.45, 7) is 0.657. The number of nitrogens with one attached hydrogen (secondary N) is 2. The molecule has 2 amide bonds. The van der Waals surface area contributed by atoms with Gasteiger partial charge >= 0.3 is 6.03 Å². The SMILES string of the molecule is CN(C(=O)NC1CC1)c1ccc2c(c1)C(=Cc1cnc[nH]1)CCO2. The molecule has 1 aliphatic carbocycles. The van der Waals surface area contributed by atoms with Gasteiger partial charge in [-0.05, 0) is 42.7 Å². The van der Waals surface area contributed by atoms with Gasteiger partial charge in [-0.25, -0.2) is 9.78 Å². The second kappa shape index (κ2) is 6.03. The van der Waals surface area contributed by atoms with Crippen LogP contribution in [0.4, 0.5) is 10.5 Å². The van der Waals surface area contributed by atoms with Crippen molar-refractivity contribution in [3.8, 4) is 5.75 Å². The Labute approximate surface area is 140 Å². The molecule has 2 heterocycles. The molecule has 6 nitrogen and oxygen atoms in total. The van der Waals surface area contributed by atoms with Crippen molar-refractivity contribution < 1.29 is 9.53 Å². The number of anilines is 1. The maximum Gasteiger partial charge on any atom is 0.321 e. The molecule has 6 heteroatoms. The second-order valence-corrected chi connectivity index (χ2v) is 6.24. The normalized spacial score (nSPS) is 18.0. The third-order valence-corrected chi connectivity index (χ3v) is 4.38. The maximum absolute atomic E-state index is 12.3. The highest BCUT2D eigenvalue weighted by Crippen LogP contribution is 2.36. The van der Waals surface area contributed by atoms with Crippen molar-refractivity contribution >= 4 is 23.4 Å². The Kier molecular flexibility index (Phi) is 3.72. The lowest BCUT2D eigenvalue weighted by Crippen LogP contribution is -2.38. The molecule has 1 aromatic heterocycles. The number of carbonyl (C=O) groups is 1. The van der Waals surface area contributed by atoms with Crippen LogP contribution in [0, 0.1) is 0 Å². The summed E-state index contributed by atoms with van der Waals surface area (Å²) in [5, 5.41) is 3.01. The molecule has 0 bridgehead atoms. The van der Waals surface area contributed by atoms with Gasteiger partial charge in [-0.2, -0.15) is 0 Å². The molecule has 1 aliphatic heterocycles. The van der Waals surface area contributed by atoms with Gasteiger partial charge in [0.1, 0.15) is 5.75 Å². The van der Waals surface area contributed by atoms with E-state index in [4.69, 9.17) is 4.74 Å². The highest BCUT2D eigenvalue weighted by molar-refractivity contribution is 5.93. The molecular formula is C18H20N4O2. The van der Waals surface area contributed by atoms with Gasteiger partial charge < -0.3 is 15.0 Å². The number of rotatable bonds is 3. The summed E-state index contributed by atoms with van der Waals surface area (Å²) in [5.41, 5.74) is 4.02. The van der Waals surface area contributed by atoms with Crippen molar-refractivity contribution in [2.75, 3.05) is 18.6 Å². The van der Waals surface area contributed by atoms with Gasteiger partial charge in [0.2, 0.25) is 0 Å². The number of ether oxygens (including phenoxy) is 1. The first kappa shape index (κ1) is 14.8. The Bertz CT molecular complexity index is 778. The van der Waals surface area contributed by atoms with E-state index in [-0.39, 0.29) is 6.03 Å². The molecule has 1 saturated carbocycles. The van der Waals surface area contributed by atoms with Crippen LogP contribution in [0.25, 0.3) is 11.6 Å². The van der Waals surface area contributed by atoms with E-state index in [1.807, 2.05) is 18.2 Å². The number of hydrogen-bond acceptors (Lipinski definition) is 3. The number of imidazole rings is 1. The fraction of sp³-hybridized carbons (Fsp3) is 0.333. The van der Waals surface area contributed by atoms with Gasteiger partial charge in [0.15, 0.2) is 0 Å². The first-order valence-corrected chi connectivity index (χ1v) is 8.21. The van der Waals surface area contributed by atoms with Crippen molar-refractivity contribution in [2.24, 2.45) is 0 Å². The standard InChI is InChI=1S/C18H20N4O2/c1-22(18(23)21-13-2-3-13)15-4-5-17-16(9-15)12(6-7-24-17)8-14-10-19-11-20-14/h4-5,8-11,13H,2-3,6-7H2,1H3,(H,19,20)(H,21,23). The Morgan fingerprint density at radius 2 is 2.33 bits per heavy atom. The average Bonchev–Trinajstić information content (AvgIpc) is 3.26. The molecule has 1 aromatic carbocycles. The lowest BCUT2D eigenvalue weighted by Gasteiger charge is -2.24. The largest absolute Gasteiger partial charge is 0.493 e. The highest BCUT2D eigenvalue weighted by atomic mass is 16.5. The summed E-state index contributed by atoms with van der Waals surface area (Å²) in [5.74, 6) is 0.853. The van der Waals surface area contributed by atoms with Gasteiger partial charge in [-0.3, -0.25) is 4.90 Å². The minimum absolute atomic E-state index is 0.0618. The molecule has 0 unspecified atom stereocenters. The van der Waals surface area contributed by atoms with Crippen LogP contribution in [0.2, 0.25) is 0 Å². The van der Waals surface area contributed by atoms with Gasteiger partial charge in [-0.15, -0.1) is 0 Å². The zero-order valence-electron chi connectivity index (χ0n) is 13.6. The van der Waals surface area contributed by atoms with Crippen LogP contribution in [0.3, 0.4) is 0 Å². The predicted molar refractivity (Wildman–Crippen MR) is 93.0 cm³/mol. The first-order valence-electron chi connectivity index (χ1n) is 8.21. The van der Waals surface area contributed by atoms with Crippen molar-refractivity contribution in [1.29, 1.82) is 0 Å². The third-order valence-electron chi connectivity index (χ3n) is 4.38. The molecule has 0 spiro atoms. The highest BCUT2D eigenvalue weighted by Gasteiger charge is 2.25. The number of fused-ring (bicyclic) bond motifs is 1. The second-order valence-electron chi connectivity index (χ2n) is 6.24. The summed E-state index contributed by atoms with van der Waals surface area (Å²) in [6.07, 6.45) is 8.53. The topological polar surface area (TPSA) is 70.2 Å². The molecule has 2 aliphatic rings. The summed E-state index contributed by atoms with van der Waals surface area (Å²) >= 11 is 0. The third kappa shape index (κ3) is 2.99. The van der Waals surface area contributed by atoms with E-state index < -0.39 is 0 Å². The summed E-state index contributed by atoms with van der Waals surface area (Å²) in [4.78, 5) is 21.1. The van der Waals surface area contributed by atoms with Crippen LogP contribution in [0.5, 0.6) is 5.75 Å². The molecule has 1 fully saturated rings. The Hall–Kier alpha value is -2.76. The number of aromatic amines is 1. The minimum atomic E-state index is -0.0618. The molecule has 24 heavy (non-hydrogen) atoms. The fourth-order valence-corrected chi connectivity index (χ4v) is 2.81. The Morgan fingerprint density at radius 3 is 3.08 bits per heavy atom. The van der Waals surface area contributed by atoms with E-state index in [0.29, 0.717) is 12.6 Å². The van der Waals surface area contributed by atoms with Crippen LogP contribution in [0.1, 0.15) is 30.5 Å². The van der Waals surface area contributed by atoms with Crippen LogP contribution >= 0.6 is 0 Å². The zero-order chi connectivity index (χ0) is 16.5. The molecule has 2 N–H and O–H groups in total. The average molecular weight is 324 g/mol. The maximum atomic E-state index is 12.3. The smallest absolute Gasteiger partial charge is 0.321 e. The molecule has 0 saturated heterocycles. The van der Waals surface area contributed by atoms with E-state index in [2.05, 4.69) is 21.4 Å². The predicted octanol–water partition coefficient (Wildman–Crippen LogP) is 3.04. The van der Waals surface area contributed by atoms with Gasteiger partial charge in [0.25, 0.3) is 0 Å². The van der Waals surface area contributed by atoms with Gasteiger partial charge in [0.05, 0.1) is 24.8 Å². The molecule has 4 rings (SSSR count). The van der Waals surface area contributed by atoms with E-state index >= 15 is 0 Å². The molecule has 124 valence electrons. The number of hydrogen-bond donors (Lipinski definition) is 2. The Morgan fingerprint density at radius 1 is 1.46 bits per heavy atom. The fourth-order valence-electron chi connectivity index (χ4n) is 2.81. The van der Waals surface area contributed by atoms with Crippen molar-refractivity contribution in [3.05, 3.63) is 42.0 Å². The number of amides is 2. The van der Waals surface area contributed by atoms with Crippen LogP contribution < -0.4 is 15.0 Å². The lowest BCUT2D eigenvalue weighted by atomic mass is 9.98. The summed E-state index contributed by atoms with van der Waals surface area (Å²) in [7, 11) is 1.79. The first-order chi connectivity index (χ1) is 11.7.